The van der Waals surface area contributed by atoms with Gasteiger partial charge in [-0.2, -0.15) is 11.8 Å². The minimum atomic E-state index is 0.438. The van der Waals surface area contributed by atoms with E-state index in [0.29, 0.717) is 18.2 Å². The zero-order valence-corrected chi connectivity index (χ0v) is 11.1. The van der Waals surface area contributed by atoms with E-state index in [1.54, 1.807) is 0 Å². The third-order valence-corrected chi connectivity index (χ3v) is 4.22. The van der Waals surface area contributed by atoms with E-state index in [1.807, 2.05) is 18.9 Å². The van der Waals surface area contributed by atoms with Gasteiger partial charge in [0, 0.05) is 24.9 Å². The van der Waals surface area contributed by atoms with E-state index in [9.17, 15) is 0 Å². The molecular formula is C12H25NOS. The van der Waals surface area contributed by atoms with Gasteiger partial charge in [0.2, 0.25) is 0 Å². The molecule has 0 aliphatic heterocycles. The highest BCUT2D eigenvalue weighted by Crippen LogP contribution is 2.21. The molecule has 3 heteroatoms. The molecule has 0 saturated heterocycles. The van der Waals surface area contributed by atoms with E-state index in [4.69, 9.17) is 4.74 Å². The standard InChI is InChI=1S/C12H25NOS/c1-4-15-9-10(2)13-11-7-5-6-8-12(11)14-3/h10-13H,4-9H2,1-3H3. The first-order valence-corrected chi connectivity index (χ1v) is 7.30. The maximum Gasteiger partial charge on any atom is 0.0724 e. The number of methoxy groups -OCH3 is 1. The molecule has 0 heterocycles. The first-order chi connectivity index (χ1) is 7.27. The molecule has 2 nitrogen and oxygen atoms in total. The van der Waals surface area contributed by atoms with Crippen molar-refractivity contribution in [2.45, 2.75) is 57.7 Å². The fourth-order valence-electron chi connectivity index (χ4n) is 2.28. The van der Waals surface area contributed by atoms with Crippen LogP contribution in [-0.4, -0.2) is 36.8 Å². The zero-order valence-electron chi connectivity index (χ0n) is 10.3. The molecule has 1 rings (SSSR count). The summed E-state index contributed by atoms with van der Waals surface area (Å²) in [6, 6.07) is 1.19. The van der Waals surface area contributed by atoms with Gasteiger partial charge in [0.05, 0.1) is 6.10 Å². The van der Waals surface area contributed by atoms with E-state index in [1.165, 1.54) is 37.2 Å². The Balaban J connectivity index is 2.27. The highest BCUT2D eigenvalue weighted by molar-refractivity contribution is 7.99. The quantitative estimate of drug-likeness (QED) is 0.759. The van der Waals surface area contributed by atoms with Crippen LogP contribution in [0.2, 0.25) is 0 Å². The second-order valence-electron chi connectivity index (χ2n) is 4.39. The van der Waals surface area contributed by atoms with Crippen molar-refractivity contribution in [3.63, 3.8) is 0 Å². The van der Waals surface area contributed by atoms with Crippen LogP contribution in [0.4, 0.5) is 0 Å². The summed E-state index contributed by atoms with van der Waals surface area (Å²) >= 11 is 2.01. The molecule has 1 fully saturated rings. The first kappa shape index (κ1) is 13.3. The van der Waals surface area contributed by atoms with Gasteiger partial charge < -0.3 is 10.1 Å². The van der Waals surface area contributed by atoms with Crippen molar-refractivity contribution < 1.29 is 4.74 Å². The summed E-state index contributed by atoms with van der Waals surface area (Å²) in [7, 11) is 1.84. The van der Waals surface area contributed by atoms with Crippen LogP contribution in [0.25, 0.3) is 0 Å². The van der Waals surface area contributed by atoms with Crippen LogP contribution in [0.3, 0.4) is 0 Å². The van der Waals surface area contributed by atoms with Gasteiger partial charge in [-0.3, -0.25) is 0 Å². The lowest BCUT2D eigenvalue weighted by atomic mass is 9.92. The Morgan fingerprint density at radius 2 is 2.13 bits per heavy atom. The highest BCUT2D eigenvalue weighted by Gasteiger charge is 2.25. The largest absolute Gasteiger partial charge is 0.380 e. The van der Waals surface area contributed by atoms with E-state index < -0.39 is 0 Å². The van der Waals surface area contributed by atoms with Crippen LogP contribution in [-0.2, 0) is 4.74 Å². The lowest BCUT2D eigenvalue weighted by molar-refractivity contribution is 0.0393. The Morgan fingerprint density at radius 1 is 1.40 bits per heavy atom. The van der Waals surface area contributed by atoms with Gasteiger partial charge >= 0.3 is 0 Å². The van der Waals surface area contributed by atoms with Gasteiger partial charge in [0.15, 0.2) is 0 Å². The minimum absolute atomic E-state index is 0.438. The molecule has 0 aromatic heterocycles. The van der Waals surface area contributed by atoms with Gasteiger partial charge in [-0.05, 0) is 25.5 Å². The second kappa shape index (κ2) is 7.53. The van der Waals surface area contributed by atoms with Gasteiger partial charge in [-0.15, -0.1) is 0 Å². The van der Waals surface area contributed by atoms with Gasteiger partial charge in [0.1, 0.15) is 0 Å². The molecule has 0 bridgehead atoms. The zero-order chi connectivity index (χ0) is 11.1. The van der Waals surface area contributed by atoms with Crippen molar-refractivity contribution in [3.8, 4) is 0 Å². The van der Waals surface area contributed by atoms with Crippen LogP contribution < -0.4 is 5.32 Å². The third kappa shape index (κ3) is 4.75. The molecule has 0 aromatic carbocycles. The summed E-state index contributed by atoms with van der Waals surface area (Å²) in [6.45, 7) is 4.50. The number of nitrogens with one attached hydrogen (secondary N) is 1. The average Bonchev–Trinajstić information content (AvgIpc) is 2.27. The topological polar surface area (TPSA) is 21.3 Å². The van der Waals surface area contributed by atoms with Crippen molar-refractivity contribution in [2.24, 2.45) is 0 Å². The molecule has 0 spiro atoms. The lowest BCUT2D eigenvalue weighted by Gasteiger charge is -2.33. The molecule has 1 aliphatic rings. The maximum atomic E-state index is 5.54. The normalized spacial score (nSPS) is 29.0. The first-order valence-electron chi connectivity index (χ1n) is 6.14. The predicted octanol–water partition coefficient (Wildman–Crippen LogP) is 2.68. The van der Waals surface area contributed by atoms with Crippen LogP contribution in [0, 0.1) is 0 Å². The van der Waals surface area contributed by atoms with E-state index in [-0.39, 0.29) is 0 Å². The molecule has 1 aliphatic carbocycles. The van der Waals surface area contributed by atoms with Gasteiger partial charge in [-0.1, -0.05) is 19.8 Å². The van der Waals surface area contributed by atoms with E-state index in [2.05, 4.69) is 19.2 Å². The fourth-order valence-corrected chi connectivity index (χ4v) is 2.96. The molecule has 15 heavy (non-hydrogen) atoms. The predicted molar refractivity (Wildman–Crippen MR) is 68.6 cm³/mol. The Hall–Kier alpha value is 0.270. The monoisotopic (exact) mass is 231 g/mol. The van der Waals surface area contributed by atoms with Crippen LogP contribution in [0.15, 0.2) is 0 Å². The van der Waals surface area contributed by atoms with Crippen molar-refractivity contribution in [1.82, 2.24) is 5.32 Å². The molecule has 0 radical (unpaired) electrons. The van der Waals surface area contributed by atoms with Crippen molar-refractivity contribution in [2.75, 3.05) is 18.6 Å². The molecule has 1 N–H and O–H groups in total. The number of hydrogen-bond acceptors (Lipinski definition) is 3. The number of ether oxygens (including phenoxy) is 1. The molecule has 1 saturated carbocycles. The van der Waals surface area contributed by atoms with Crippen LogP contribution >= 0.6 is 11.8 Å². The Morgan fingerprint density at radius 3 is 2.80 bits per heavy atom. The summed E-state index contributed by atoms with van der Waals surface area (Å²) in [6.07, 6.45) is 5.62. The summed E-state index contributed by atoms with van der Waals surface area (Å²) in [5, 5.41) is 3.71. The maximum absolute atomic E-state index is 5.54. The number of rotatable bonds is 6. The van der Waals surface area contributed by atoms with E-state index in [0.717, 1.165) is 0 Å². The smallest absolute Gasteiger partial charge is 0.0724 e. The Kier molecular flexibility index (Phi) is 6.69. The Labute approximate surface area is 98.5 Å². The Bertz CT molecular complexity index is 166. The fraction of sp³-hybridized carbons (Fsp3) is 1.00. The minimum Gasteiger partial charge on any atom is -0.380 e. The SMILES string of the molecule is CCSCC(C)NC1CCCCC1OC. The van der Waals surface area contributed by atoms with Crippen LogP contribution in [0.1, 0.15) is 39.5 Å². The van der Waals surface area contributed by atoms with Crippen molar-refractivity contribution >= 4 is 11.8 Å². The molecule has 3 atom stereocenters. The summed E-state index contributed by atoms with van der Waals surface area (Å²) in [5.74, 6) is 2.42. The summed E-state index contributed by atoms with van der Waals surface area (Å²) in [4.78, 5) is 0. The highest BCUT2D eigenvalue weighted by atomic mass is 32.2. The summed E-state index contributed by atoms with van der Waals surface area (Å²) in [5.41, 5.74) is 0. The second-order valence-corrected chi connectivity index (χ2v) is 5.71. The third-order valence-electron chi connectivity index (χ3n) is 3.08. The molecule has 0 aromatic rings. The number of hydrogen-bond donors (Lipinski definition) is 1. The molecule has 0 amide bonds. The van der Waals surface area contributed by atoms with Gasteiger partial charge in [0.25, 0.3) is 0 Å². The average molecular weight is 231 g/mol. The van der Waals surface area contributed by atoms with Crippen molar-refractivity contribution in [3.05, 3.63) is 0 Å². The van der Waals surface area contributed by atoms with Crippen molar-refractivity contribution in [1.29, 1.82) is 0 Å². The molecule has 3 unspecified atom stereocenters. The summed E-state index contributed by atoms with van der Waals surface area (Å²) < 4.78 is 5.54. The molecular weight excluding hydrogens is 206 g/mol. The lowest BCUT2D eigenvalue weighted by Crippen LogP contribution is -2.47. The molecule has 90 valence electrons. The van der Waals surface area contributed by atoms with Gasteiger partial charge in [-0.25, -0.2) is 0 Å². The number of thioether (sulfide) groups is 1. The van der Waals surface area contributed by atoms with E-state index >= 15 is 0 Å². The van der Waals surface area contributed by atoms with Crippen LogP contribution in [0.5, 0.6) is 0 Å².